The minimum Gasteiger partial charge on any atom is -0.447 e. The number of ether oxygens (including phenoxy) is 1. The van der Waals surface area contributed by atoms with Crippen LogP contribution in [0.2, 0.25) is 5.02 Å². The highest BCUT2D eigenvalue weighted by Gasteiger charge is 2.27. The van der Waals surface area contributed by atoms with Crippen LogP contribution >= 0.6 is 11.6 Å². The van der Waals surface area contributed by atoms with Gasteiger partial charge in [-0.15, -0.1) is 0 Å². The lowest BCUT2D eigenvalue weighted by Crippen LogP contribution is -2.30. The molecule has 2 rings (SSSR count). The van der Waals surface area contributed by atoms with E-state index in [4.69, 9.17) is 22.1 Å². The molecule has 0 aliphatic heterocycles. The van der Waals surface area contributed by atoms with Crippen LogP contribution in [-0.4, -0.2) is 12.2 Å². The maximum Gasteiger partial charge on any atom is 0.307 e. The standard InChI is InChI=1S/C27H37ClFNO2/c1-3-4-5-6-7-8-12-15-27(31)32-26(30)19-23(20(2)21-13-10-9-11-14-21)24-18-22(29)16-17-25(24)28/h9-11,13-14,16-18,20,23,26H,3-8,12,15,19,30H2,1-2H3. The average molecular weight is 462 g/mol. The van der Waals surface area contributed by atoms with Gasteiger partial charge >= 0.3 is 5.97 Å². The number of esters is 1. The monoisotopic (exact) mass is 461 g/mol. The summed E-state index contributed by atoms with van der Waals surface area (Å²) in [7, 11) is 0. The molecule has 0 aliphatic carbocycles. The molecular formula is C27H37ClFNO2. The summed E-state index contributed by atoms with van der Waals surface area (Å²) in [5, 5.41) is 0.487. The predicted molar refractivity (Wildman–Crippen MR) is 130 cm³/mol. The SMILES string of the molecule is CCCCCCCCCC(=O)OC(N)CC(c1cc(F)ccc1Cl)C(C)c1ccccc1. The second-order valence-corrected chi connectivity index (χ2v) is 9.01. The quantitative estimate of drug-likeness (QED) is 0.178. The molecule has 3 unspecified atom stereocenters. The van der Waals surface area contributed by atoms with Gasteiger partial charge in [-0.25, -0.2) is 4.39 Å². The highest BCUT2D eigenvalue weighted by Crippen LogP contribution is 2.39. The fraction of sp³-hybridized carbons (Fsp3) is 0.519. The molecule has 0 saturated carbocycles. The van der Waals surface area contributed by atoms with Gasteiger partial charge < -0.3 is 4.74 Å². The second-order valence-electron chi connectivity index (χ2n) is 8.61. The summed E-state index contributed by atoms with van der Waals surface area (Å²) in [5.41, 5.74) is 8.00. The van der Waals surface area contributed by atoms with Crippen LogP contribution in [0.3, 0.4) is 0 Å². The van der Waals surface area contributed by atoms with Crippen LogP contribution in [0.5, 0.6) is 0 Å². The van der Waals surface area contributed by atoms with Crippen molar-refractivity contribution < 1.29 is 13.9 Å². The van der Waals surface area contributed by atoms with Gasteiger partial charge in [0, 0.05) is 17.9 Å². The molecule has 2 aromatic carbocycles. The molecule has 32 heavy (non-hydrogen) atoms. The first kappa shape index (κ1) is 26.3. The topological polar surface area (TPSA) is 52.3 Å². The number of benzene rings is 2. The maximum absolute atomic E-state index is 14.0. The van der Waals surface area contributed by atoms with Gasteiger partial charge in [0.2, 0.25) is 0 Å². The molecule has 0 aromatic heterocycles. The van der Waals surface area contributed by atoms with E-state index in [9.17, 15) is 9.18 Å². The Morgan fingerprint density at radius 3 is 2.38 bits per heavy atom. The first-order valence-corrected chi connectivity index (χ1v) is 12.2. The van der Waals surface area contributed by atoms with Gasteiger partial charge in [-0.3, -0.25) is 10.5 Å². The summed E-state index contributed by atoms with van der Waals surface area (Å²) in [5.74, 6) is -0.799. The Hall–Kier alpha value is -1.91. The molecule has 2 aromatic rings. The number of nitrogens with two attached hydrogens (primary N) is 1. The van der Waals surface area contributed by atoms with Gasteiger partial charge in [0.05, 0.1) is 0 Å². The van der Waals surface area contributed by atoms with E-state index >= 15 is 0 Å². The lowest BCUT2D eigenvalue weighted by molar-refractivity contribution is -0.149. The summed E-state index contributed by atoms with van der Waals surface area (Å²) in [6.07, 6.45) is 7.94. The molecule has 176 valence electrons. The Labute approximate surface area is 197 Å². The van der Waals surface area contributed by atoms with E-state index in [0.29, 0.717) is 23.4 Å². The average Bonchev–Trinajstić information content (AvgIpc) is 2.78. The Morgan fingerprint density at radius 2 is 1.69 bits per heavy atom. The van der Waals surface area contributed by atoms with E-state index in [0.717, 1.165) is 24.8 Å². The molecule has 3 atom stereocenters. The number of carbonyl (C=O) groups is 1. The van der Waals surface area contributed by atoms with Crippen molar-refractivity contribution in [2.45, 2.75) is 89.7 Å². The van der Waals surface area contributed by atoms with Crippen LogP contribution in [0, 0.1) is 5.82 Å². The third-order valence-corrected chi connectivity index (χ3v) is 6.38. The maximum atomic E-state index is 14.0. The van der Waals surface area contributed by atoms with Crippen molar-refractivity contribution in [3.05, 3.63) is 70.5 Å². The number of hydrogen-bond acceptors (Lipinski definition) is 3. The lowest BCUT2D eigenvalue weighted by atomic mass is 9.80. The van der Waals surface area contributed by atoms with Crippen molar-refractivity contribution >= 4 is 17.6 Å². The van der Waals surface area contributed by atoms with Crippen LogP contribution in [0.4, 0.5) is 4.39 Å². The Balaban J connectivity index is 1.97. The fourth-order valence-corrected chi connectivity index (χ4v) is 4.40. The number of halogens is 2. The van der Waals surface area contributed by atoms with Crippen LogP contribution in [0.1, 0.15) is 94.6 Å². The van der Waals surface area contributed by atoms with Gasteiger partial charge in [0.25, 0.3) is 0 Å². The zero-order valence-corrected chi connectivity index (χ0v) is 20.1. The molecule has 0 aliphatic rings. The normalized spacial score (nSPS) is 14.0. The van der Waals surface area contributed by atoms with Gasteiger partial charge in [0.15, 0.2) is 6.23 Å². The number of carbonyl (C=O) groups excluding carboxylic acids is 1. The molecule has 0 bridgehead atoms. The van der Waals surface area contributed by atoms with Gasteiger partial charge in [0.1, 0.15) is 5.82 Å². The van der Waals surface area contributed by atoms with Gasteiger partial charge in [-0.1, -0.05) is 94.3 Å². The highest BCUT2D eigenvalue weighted by molar-refractivity contribution is 6.31. The first-order chi connectivity index (χ1) is 15.4. The molecule has 3 nitrogen and oxygen atoms in total. The molecule has 0 saturated heterocycles. The molecule has 0 fully saturated rings. The summed E-state index contributed by atoms with van der Waals surface area (Å²) >= 11 is 6.43. The van der Waals surface area contributed by atoms with Crippen LogP contribution in [0.25, 0.3) is 0 Å². The summed E-state index contributed by atoms with van der Waals surface area (Å²) in [6.45, 7) is 4.26. The Bertz CT molecular complexity index is 815. The van der Waals surface area contributed by atoms with Crippen molar-refractivity contribution in [1.29, 1.82) is 0 Å². The van der Waals surface area contributed by atoms with E-state index in [1.807, 2.05) is 30.3 Å². The summed E-state index contributed by atoms with van der Waals surface area (Å²) in [6, 6.07) is 14.3. The largest absolute Gasteiger partial charge is 0.447 e. The first-order valence-electron chi connectivity index (χ1n) is 11.9. The number of rotatable bonds is 14. The molecule has 2 N–H and O–H groups in total. The van der Waals surface area contributed by atoms with E-state index in [2.05, 4.69) is 13.8 Å². The molecule has 5 heteroatoms. The minimum absolute atomic E-state index is 0.0170. The third kappa shape index (κ3) is 8.91. The predicted octanol–water partition coefficient (Wildman–Crippen LogP) is 7.73. The molecule has 0 radical (unpaired) electrons. The van der Waals surface area contributed by atoms with Crippen LogP contribution < -0.4 is 5.73 Å². The van der Waals surface area contributed by atoms with Crippen molar-refractivity contribution in [2.75, 3.05) is 0 Å². The Kier molecular flexibility index (Phi) is 11.8. The molecule has 0 amide bonds. The molecular weight excluding hydrogens is 425 g/mol. The number of unbranched alkanes of at least 4 members (excludes halogenated alkanes) is 6. The highest BCUT2D eigenvalue weighted by atomic mass is 35.5. The zero-order chi connectivity index (χ0) is 23.3. The smallest absolute Gasteiger partial charge is 0.307 e. The van der Waals surface area contributed by atoms with E-state index < -0.39 is 6.23 Å². The number of hydrogen-bond donors (Lipinski definition) is 1. The van der Waals surface area contributed by atoms with E-state index in [1.165, 1.54) is 37.8 Å². The van der Waals surface area contributed by atoms with Crippen molar-refractivity contribution in [2.24, 2.45) is 5.73 Å². The van der Waals surface area contributed by atoms with Gasteiger partial charge in [-0.2, -0.15) is 0 Å². The second kappa shape index (κ2) is 14.3. The summed E-state index contributed by atoms with van der Waals surface area (Å²) < 4.78 is 19.5. The minimum atomic E-state index is -0.775. The molecule has 0 spiro atoms. The Morgan fingerprint density at radius 1 is 1.03 bits per heavy atom. The van der Waals surface area contributed by atoms with Crippen LogP contribution in [0.15, 0.2) is 48.5 Å². The third-order valence-electron chi connectivity index (χ3n) is 6.04. The lowest BCUT2D eigenvalue weighted by Gasteiger charge is -2.28. The van der Waals surface area contributed by atoms with Crippen LogP contribution in [-0.2, 0) is 9.53 Å². The molecule has 0 heterocycles. The van der Waals surface area contributed by atoms with E-state index in [1.54, 1.807) is 6.07 Å². The van der Waals surface area contributed by atoms with Crippen molar-refractivity contribution in [3.8, 4) is 0 Å². The van der Waals surface area contributed by atoms with Gasteiger partial charge in [-0.05, 0) is 47.6 Å². The zero-order valence-electron chi connectivity index (χ0n) is 19.4. The van der Waals surface area contributed by atoms with E-state index in [-0.39, 0.29) is 23.6 Å². The van der Waals surface area contributed by atoms with Crippen molar-refractivity contribution in [1.82, 2.24) is 0 Å². The van der Waals surface area contributed by atoms with Crippen molar-refractivity contribution in [3.63, 3.8) is 0 Å². The summed E-state index contributed by atoms with van der Waals surface area (Å²) in [4.78, 5) is 12.3. The fourth-order valence-electron chi connectivity index (χ4n) is 4.14.